The third-order valence-electron chi connectivity index (χ3n) is 5.14. The minimum Gasteiger partial charge on any atom is -0.495 e. The average Bonchev–Trinajstić information content (AvgIpc) is 2.73. The van der Waals surface area contributed by atoms with Gasteiger partial charge in [-0.2, -0.15) is 4.31 Å². The van der Waals surface area contributed by atoms with E-state index in [0.717, 1.165) is 17.0 Å². The smallest absolute Gasteiger partial charge is 0.246 e. The van der Waals surface area contributed by atoms with Gasteiger partial charge in [-0.1, -0.05) is 32.0 Å². The van der Waals surface area contributed by atoms with Gasteiger partial charge in [0.15, 0.2) is 0 Å². The largest absolute Gasteiger partial charge is 0.495 e. The molecule has 0 amide bonds. The lowest BCUT2D eigenvalue weighted by molar-refractivity contribution is 0.370. The van der Waals surface area contributed by atoms with E-state index in [4.69, 9.17) is 9.47 Å². The Morgan fingerprint density at radius 2 is 1.54 bits per heavy atom. The van der Waals surface area contributed by atoms with E-state index < -0.39 is 10.0 Å². The van der Waals surface area contributed by atoms with Crippen LogP contribution >= 0.6 is 0 Å². The first kappa shape index (κ1) is 20.5. The SMILES string of the molecule is COc1ccccc1N1CCN(S(=O)(=O)c2cc(C(C)C)ccc2OC)CC1. The lowest BCUT2D eigenvalue weighted by Crippen LogP contribution is -2.48. The van der Waals surface area contributed by atoms with E-state index in [1.165, 1.54) is 7.11 Å². The van der Waals surface area contributed by atoms with Crippen molar-refractivity contribution in [1.29, 1.82) is 0 Å². The Labute approximate surface area is 167 Å². The van der Waals surface area contributed by atoms with E-state index in [2.05, 4.69) is 4.90 Å². The Morgan fingerprint density at radius 1 is 0.893 bits per heavy atom. The summed E-state index contributed by atoms with van der Waals surface area (Å²) in [6.45, 7) is 6.12. The molecule has 1 aliphatic rings. The van der Waals surface area contributed by atoms with Gasteiger partial charge in [-0.05, 0) is 35.7 Å². The van der Waals surface area contributed by atoms with Crippen LogP contribution in [0, 0.1) is 0 Å². The summed E-state index contributed by atoms with van der Waals surface area (Å²) in [6.07, 6.45) is 0. The van der Waals surface area contributed by atoms with Crippen LogP contribution in [-0.4, -0.2) is 53.1 Å². The summed E-state index contributed by atoms with van der Waals surface area (Å²) in [5.74, 6) is 1.42. The van der Waals surface area contributed by atoms with E-state index in [-0.39, 0.29) is 10.8 Å². The minimum atomic E-state index is -3.63. The Kier molecular flexibility index (Phi) is 6.15. The van der Waals surface area contributed by atoms with Crippen LogP contribution in [-0.2, 0) is 10.0 Å². The van der Waals surface area contributed by atoms with Gasteiger partial charge in [0.1, 0.15) is 16.4 Å². The molecule has 0 aromatic heterocycles. The quantitative estimate of drug-likeness (QED) is 0.739. The number of nitrogens with zero attached hydrogens (tertiary/aromatic N) is 2. The number of para-hydroxylation sites is 2. The van der Waals surface area contributed by atoms with Gasteiger partial charge in [0.25, 0.3) is 0 Å². The van der Waals surface area contributed by atoms with Gasteiger partial charge in [0, 0.05) is 26.2 Å². The second kappa shape index (κ2) is 8.41. The fourth-order valence-corrected chi connectivity index (χ4v) is 5.07. The zero-order valence-corrected chi connectivity index (χ0v) is 17.7. The van der Waals surface area contributed by atoms with Crippen molar-refractivity contribution >= 4 is 15.7 Å². The number of piperazine rings is 1. The van der Waals surface area contributed by atoms with Gasteiger partial charge in [-0.25, -0.2) is 8.42 Å². The van der Waals surface area contributed by atoms with Gasteiger partial charge >= 0.3 is 0 Å². The van der Waals surface area contributed by atoms with Crippen LogP contribution in [0.1, 0.15) is 25.3 Å². The highest BCUT2D eigenvalue weighted by Crippen LogP contribution is 2.32. The van der Waals surface area contributed by atoms with Gasteiger partial charge in [-0.3, -0.25) is 0 Å². The van der Waals surface area contributed by atoms with E-state index in [1.54, 1.807) is 23.5 Å². The maximum absolute atomic E-state index is 13.3. The fourth-order valence-electron chi connectivity index (χ4n) is 3.45. The normalized spacial score (nSPS) is 15.7. The highest BCUT2D eigenvalue weighted by molar-refractivity contribution is 7.89. The molecule has 1 heterocycles. The molecule has 0 spiro atoms. The van der Waals surface area contributed by atoms with Gasteiger partial charge in [0.05, 0.1) is 19.9 Å². The number of sulfonamides is 1. The van der Waals surface area contributed by atoms with Crippen molar-refractivity contribution in [2.45, 2.75) is 24.7 Å². The Bertz CT molecular complexity index is 920. The third-order valence-corrected chi connectivity index (χ3v) is 7.06. The van der Waals surface area contributed by atoms with Crippen molar-refractivity contribution in [2.75, 3.05) is 45.3 Å². The van der Waals surface area contributed by atoms with Crippen molar-refractivity contribution < 1.29 is 17.9 Å². The lowest BCUT2D eigenvalue weighted by Gasteiger charge is -2.36. The predicted molar refractivity (Wildman–Crippen MR) is 111 cm³/mol. The maximum Gasteiger partial charge on any atom is 0.246 e. The highest BCUT2D eigenvalue weighted by Gasteiger charge is 2.31. The molecule has 2 aromatic carbocycles. The molecular formula is C21H28N2O4S. The Hall–Kier alpha value is -2.25. The zero-order chi connectivity index (χ0) is 20.3. The number of ether oxygens (including phenoxy) is 2. The van der Waals surface area contributed by atoms with Crippen LogP contribution in [0.2, 0.25) is 0 Å². The first-order chi connectivity index (χ1) is 13.4. The van der Waals surface area contributed by atoms with Crippen LogP contribution in [0.3, 0.4) is 0 Å². The van der Waals surface area contributed by atoms with Gasteiger partial charge < -0.3 is 14.4 Å². The van der Waals surface area contributed by atoms with E-state index in [1.807, 2.05) is 44.2 Å². The standard InChI is InChI=1S/C21H28N2O4S/c1-16(2)17-9-10-20(27-4)21(15-17)28(24,25)23-13-11-22(12-14-23)18-7-5-6-8-19(18)26-3/h5-10,15-16H,11-14H2,1-4H3. The summed E-state index contributed by atoms with van der Waals surface area (Å²) in [7, 11) is -0.482. The first-order valence-corrected chi connectivity index (χ1v) is 10.9. The Morgan fingerprint density at radius 3 is 2.14 bits per heavy atom. The molecule has 3 rings (SSSR count). The molecule has 0 aliphatic carbocycles. The van der Waals surface area contributed by atoms with Gasteiger partial charge in [0.2, 0.25) is 10.0 Å². The second-order valence-corrected chi connectivity index (χ2v) is 9.03. The van der Waals surface area contributed by atoms with Crippen molar-refractivity contribution in [1.82, 2.24) is 4.31 Å². The van der Waals surface area contributed by atoms with Crippen LogP contribution in [0.5, 0.6) is 11.5 Å². The van der Waals surface area contributed by atoms with Crippen LogP contribution in [0.4, 0.5) is 5.69 Å². The topological polar surface area (TPSA) is 59.1 Å². The average molecular weight is 405 g/mol. The van der Waals surface area contributed by atoms with Crippen LogP contribution in [0.15, 0.2) is 47.4 Å². The van der Waals surface area contributed by atoms with Crippen molar-refractivity contribution in [3.8, 4) is 11.5 Å². The van der Waals surface area contributed by atoms with Crippen LogP contribution < -0.4 is 14.4 Å². The number of anilines is 1. The summed E-state index contributed by atoms with van der Waals surface area (Å²) in [6, 6.07) is 13.2. The monoisotopic (exact) mass is 404 g/mol. The Balaban J connectivity index is 1.83. The summed E-state index contributed by atoms with van der Waals surface area (Å²) in [4.78, 5) is 2.40. The molecule has 0 unspecified atom stereocenters. The summed E-state index contributed by atoms with van der Waals surface area (Å²) in [5, 5.41) is 0. The maximum atomic E-state index is 13.3. The molecule has 7 heteroatoms. The lowest BCUT2D eigenvalue weighted by atomic mass is 10.0. The summed E-state index contributed by atoms with van der Waals surface area (Å²) < 4.78 is 38.9. The van der Waals surface area contributed by atoms with Crippen LogP contribution in [0.25, 0.3) is 0 Å². The molecule has 0 bridgehead atoms. The molecule has 0 radical (unpaired) electrons. The third kappa shape index (κ3) is 3.95. The molecular weight excluding hydrogens is 376 g/mol. The van der Waals surface area contributed by atoms with Gasteiger partial charge in [-0.15, -0.1) is 0 Å². The molecule has 1 aliphatic heterocycles. The second-order valence-electron chi connectivity index (χ2n) is 7.13. The highest BCUT2D eigenvalue weighted by atomic mass is 32.2. The number of hydrogen-bond donors (Lipinski definition) is 0. The molecule has 0 saturated carbocycles. The van der Waals surface area contributed by atoms with Crippen molar-refractivity contribution in [2.24, 2.45) is 0 Å². The molecule has 6 nitrogen and oxygen atoms in total. The number of benzene rings is 2. The number of rotatable bonds is 6. The molecule has 0 N–H and O–H groups in total. The molecule has 28 heavy (non-hydrogen) atoms. The summed E-state index contributed by atoms with van der Waals surface area (Å²) >= 11 is 0. The predicted octanol–water partition coefficient (Wildman–Crippen LogP) is 3.34. The first-order valence-electron chi connectivity index (χ1n) is 9.44. The molecule has 1 fully saturated rings. The fraction of sp³-hybridized carbons (Fsp3) is 0.429. The molecule has 0 atom stereocenters. The zero-order valence-electron chi connectivity index (χ0n) is 16.9. The van der Waals surface area contributed by atoms with Crippen molar-refractivity contribution in [3.05, 3.63) is 48.0 Å². The minimum absolute atomic E-state index is 0.238. The van der Waals surface area contributed by atoms with Crippen molar-refractivity contribution in [3.63, 3.8) is 0 Å². The number of hydrogen-bond acceptors (Lipinski definition) is 5. The van der Waals surface area contributed by atoms with E-state index in [0.29, 0.717) is 31.9 Å². The molecule has 152 valence electrons. The molecule has 2 aromatic rings. The summed E-state index contributed by atoms with van der Waals surface area (Å²) in [5.41, 5.74) is 1.97. The van der Waals surface area contributed by atoms with E-state index >= 15 is 0 Å². The van der Waals surface area contributed by atoms with E-state index in [9.17, 15) is 8.42 Å². The molecule has 1 saturated heterocycles. The number of methoxy groups -OCH3 is 2.